The number of piperidine rings is 1. The number of fused-ring (bicyclic) bond motifs is 2. The summed E-state index contributed by atoms with van der Waals surface area (Å²) in [4.78, 5) is 42.9. The lowest BCUT2D eigenvalue weighted by Gasteiger charge is -2.45. The largest absolute Gasteiger partial charge is 0.338 e. The van der Waals surface area contributed by atoms with E-state index in [0.717, 1.165) is 31.6 Å². The number of amides is 3. The molecule has 3 aliphatic rings. The van der Waals surface area contributed by atoms with Gasteiger partial charge in [-0.1, -0.05) is 25.0 Å². The van der Waals surface area contributed by atoms with Crippen LogP contribution in [0.3, 0.4) is 0 Å². The van der Waals surface area contributed by atoms with Crippen molar-refractivity contribution in [2.45, 2.75) is 57.0 Å². The van der Waals surface area contributed by atoms with Crippen molar-refractivity contribution in [3.8, 4) is 0 Å². The summed E-state index contributed by atoms with van der Waals surface area (Å²) in [7, 11) is 0. The minimum Gasteiger partial charge on any atom is -0.338 e. The summed E-state index contributed by atoms with van der Waals surface area (Å²) in [5.41, 5.74) is 0.840. The number of hydrogen-bond donors (Lipinski definition) is 0. The summed E-state index contributed by atoms with van der Waals surface area (Å²) >= 11 is 1.64. The molecule has 0 spiro atoms. The fourth-order valence-corrected chi connectivity index (χ4v) is 5.63. The molecule has 1 aromatic rings. The number of carbonyl (C=O) groups excluding carboxylic acids is 3. The second-order valence-corrected chi connectivity index (χ2v) is 9.09. The number of carbonyl (C=O) groups is 3. The van der Waals surface area contributed by atoms with Crippen molar-refractivity contribution in [2.24, 2.45) is 5.92 Å². The number of thioether (sulfide) groups is 1. The Labute approximate surface area is 170 Å². The van der Waals surface area contributed by atoms with Crippen LogP contribution in [0.5, 0.6) is 0 Å². The first-order valence-electron chi connectivity index (χ1n) is 10.4. The van der Waals surface area contributed by atoms with Crippen LogP contribution in [0.25, 0.3) is 0 Å². The minimum absolute atomic E-state index is 0.0276. The normalized spacial score (nSPS) is 25.5. The fraction of sp³-hybridized carbons (Fsp3) is 0.591. The van der Waals surface area contributed by atoms with Crippen LogP contribution >= 0.6 is 11.8 Å². The van der Waals surface area contributed by atoms with Crippen molar-refractivity contribution in [3.05, 3.63) is 35.4 Å². The quantitative estimate of drug-likeness (QED) is 0.709. The van der Waals surface area contributed by atoms with Gasteiger partial charge in [0.25, 0.3) is 11.8 Å². The van der Waals surface area contributed by atoms with E-state index in [1.54, 1.807) is 36.0 Å². The average molecular weight is 401 g/mol. The van der Waals surface area contributed by atoms with Crippen LogP contribution in [0.4, 0.5) is 0 Å². The molecule has 5 nitrogen and oxygen atoms in total. The number of hydrogen-bond acceptors (Lipinski definition) is 4. The summed E-state index contributed by atoms with van der Waals surface area (Å²) in [5, 5.41) is 0. The van der Waals surface area contributed by atoms with Gasteiger partial charge in [-0.2, -0.15) is 11.8 Å². The molecule has 3 amide bonds. The van der Waals surface area contributed by atoms with E-state index in [-0.39, 0.29) is 23.8 Å². The van der Waals surface area contributed by atoms with Crippen LogP contribution in [0, 0.1) is 5.92 Å². The molecule has 2 fully saturated rings. The Balaban J connectivity index is 1.62. The lowest BCUT2D eigenvalue weighted by Crippen LogP contribution is -2.57. The molecule has 28 heavy (non-hydrogen) atoms. The van der Waals surface area contributed by atoms with E-state index in [0.29, 0.717) is 23.5 Å². The second-order valence-electron chi connectivity index (χ2n) is 8.11. The molecule has 2 aliphatic heterocycles. The molecular formula is C22H28N2O3S. The summed E-state index contributed by atoms with van der Waals surface area (Å²) in [5.74, 6) is 0.649. The molecule has 6 heteroatoms. The van der Waals surface area contributed by atoms with Crippen LogP contribution in [0.1, 0.15) is 65.7 Å². The smallest absolute Gasteiger partial charge is 0.262 e. The maximum absolute atomic E-state index is 13.7. The van der Waals surface area contributed by atoms with Gasteiger partial charge >= 0.3 is 0 Å². The van der Waals surface area contributed by atoms with Gasteiger partial charge in [0.05, 0.1) is 11.1 Å². The molecule has 1 aromatic carbocycles. The first-order chi connectivity index (χ1) is 13.6. The van der Waals surface area contributed by atoms with Gasteiger partial charge in [-0.25, -0.2) is 0 Å². The van der Waals surface area contributed by atoms with Crippen LogP contribution in [-0.4, -0.2) is 58.2 Å². The maximum atomic E-state index is 13.7. The molecule has 2 heterocycles. The van der Waals surface area contributed by atoms with E-state index in [1.807, 2.05) is 11.2 Å². The van der Waals surface area contributed by atoms with E-state index in [2.05, 4.69) is 0 Å². The number of rotatable bonds is 5. The average Bonchev–Trinajstić information content (AvgIpc) is 2.99. The Hall–Kier alpha value is -1.82. The van der Waals surface area contributed by atoms with Crippen molar-refractivity contribution < 1.29 is 14.4 Å². The van der Waals surface area contributed by atoms with Crippen molar-refractivity contribution in [1.82, 2.24) is 9.80 Å². The lowest BCUT2D eigenvalue weighted by molar-refractivity contribution is -0.142. The molecule has 0 N–H and O–H groups in total. The maximum Gasteiger partial charge on any atom is 0.262 e. The Morgan fingerprint density at radius 1 is 1.07 bits per heavy atom. The zero-order valence-corrected chi connectivity index (χ0v) is 17.2. The molecular weight excluding hydrogens is 372 g/mol. The Bertz CT molecular complexity index is 744. The van der Waals surface area contributed by atoms with E-state index < -0.39 is 6.04 Å². The van der Waals surface area contributed by atoms with Gasteiger partial charge in [0.2, 0.25) is 5.91 Å². The zero-order chi connectivity index (χ0) is 19.7. The summed E-state index contributed by atoms with van der Waals surface area (Å²) < 4.78 is 0. The first kappa shape index (κ1) is 19.5. The van der Waals surface area contributed by atoms with Crippen molar-refractivity contribution in [1.29, 1.82) is 0 Å². The highest BCUT2D eigenvalue weighted by Gasteiger charge is 2.46. The predicted molar refractivity (Wildman–Crippen MR) is 110 cm³/mol. The van der Waals surface area contributed by atoms with Crippen LogP contribution < -0.4 is 0 Å². The Kier molecular flexibility index (Phi) is 5.76. The van der Waals surface area contributed by atoms with Crippen LogP contribution in [0.2, 0.25) is 0 Å². The SMILES string of the molecule is CSCC[C@H](C(=O)N1CCC[C@H]2CCCC[C@H]21)N1C(=O)c2ccccc2C1=O. The molecule has 1 saturated heterocycles. The highest BCUT2D eigenvalue weighted by atomic mass is 32.2. The molecule has 3 atom stereocenters. The second kappa shape index (κ2) is 8.27. The molecule has 4 rings (SSSR count). The van der Waals surface area contributed by atoms with E-state index >= 15 is 0 Å². The standard InChI is InChI=1S/C22H28N2O3S/c1-28-14-12-19(24-20(25)16-9-3-4-10-17(16)21(24)26)22(27)23-13-6-8-15-7-2-5-11-18(15)23/h3-4,9-10,15,18-19H,2,5-8,11-14H2,1H3/t15-,18-,19-/m1/s1. The predicted octanol–water partition coefficient (Wildman–Crippen LogP) is 3.59. The molecule has 0 bridgehead atoms. The van der Waals surface area contributed by atoms with Gasteiger partial charge in [0.1, 0.15) is 6.04 Å². The number of nitrogens with zero attached hydrogens (tertiary/aromatic N) is 2. The minimum atomic E-state index is -0.694. The molecule has 1 aliphatic carbocycles. The zero-order valence-electron chi connectivity index (χ0n) is 16.4. The van der Waals surface area contributed by atoms with Crippen LogP contribution in [0.15, 0.2) is 24.3 Å². The van der Waals surface area contributed by atoms with Gasteiger partial charge in [-0.15, -0.1) is 0 Å². The van der Waals surface area contributed by atoms with Gasteiger partial charge < -0.3 is 4.90 Å². The highest BCUT2D eigenvalue weighted by Crippen LogP contribution is 2.36. The van der Waals surface area contributed by atoms with Gasteiger partial charge in [-0.3, -0.25) is 19.3 Å². The monoisotopic (exact) mass is 400 g/mol. The molecule has 0 aromatic heterocycles. The lowest BCUT2D eigenvalue weighted by atomic mass is 9.78. The van der Waals surface area contributed by atoms with Gasteiger partial charge in [0, 0.05) is 12.6 Å². The molecule has 0 unspecified atom stereocenters. The molecule has 0 radical (unpaired) electrons. The Morgan fingerprint density at radius 2 is 1.71 bits per heavy atom. The number of benzene rings is 1. The Morgan fingerprint density at radius 3 is 2.39 bits per heavy atom. The number of likely N-dealkylation sites (tertiary alicyclic amines) is 1. The molecule has 150 valence electrons. The fourth-order valence-electron chi connectivity index (χ4n) is 5.17. The van der Waals surface area contributed by atoms with Crippen LogP contribution in [-0.2, 0) is 4.79 Å². The van der Waals surface area contributed by atoms with Crippen molar-refractivity contribution >= 4 is 29.5 Å². The number of imide groups is 1. The molecule has 1 saturated carbocycles. The first-order valence-corrected chi connectivity index (χ1v) is 11.8. The third-order valence-corrected chi connectivity index (χ3v) is 7.19. The van der Waals surface area contributed by atoms with E-state index in [4.69, 9.17) is 0 Å². The third kappa shape index (κ3) is 3.36. The topological polar surface area (TPSA) is 57.7 Å². The third-order valence-electron chi connectivity index (χ3n) is 6.54. The summed E-state index contributed by atoms with van der Waals surface area (Å²) in [6.45, 7) is 0.749. The van der Waals surface area contributed by atoms with Crippen molar-refractivity contribution in [3.63, 3.8) is 0 Å². The van der Waals surface area contributed by atoms with Gasteiger partial charge in [0.15, 0.2) is 0 Å². The van der Waals surface area contributed by atoms with Gasteiger partial charge in [-0.05, 0) is 62.2 Å². The highest BCUT2D eigenvalue weighted by molar-refractivity contribution is 7.98. The summed E-state index contributed by atoms with van der Waals surface area (Å²) in [6, 6.07) is 6.49. The van der Waals surface area contributed by atoms with E-state index in [1.165, 1.54) is 24.2 Å². The van der Waals surface area contributed by atoms with Crippen molar-refractivity contribution in [2.75, 3.05) is 18.6 Å². The van der Waals surface area contributed by atoms with E-state index in [9.17, 15) is 14.4 Å². The summed E-state index contributed by atoms with van der Waals surface area (Å²) in [6.07, 6.45) is 9.36.